The fraction of sp³-hybridized carbons (Fsp3) is 0.0185. The lowest BCUT2D eigenvalue weighted by Crippen LogP contribution is -2.00. The molecule has 266 valence electrons. The molecule has 0 saturated carbocycles. The van der Waals surface area contributed by atoms with Gasteiger partial charge < -0.3 is 0 Å². The molecule has 0 unspecified atom stereocenters. The van der Waals surface area contributed by atoms with Crippen LogP contribution in [-0.4, -0.2) is 15.0 Å². The van der Waals surface area contributed by atoms with Gasteiger partial charge in [-0.05, 0) is 89.7 Å². The lowest BCUT2D eigenvalue weighted by Gasteiger charge is -2.16. The monoisotopic (exact) mass is 725 g/mol. The Hall–Kier alpha value is -7.49. The maximum absolute atomic E-state index is 4.96. The number of hydrogen-bond donors (Lipinski definition) is 0. The van der Waals surface area contributed by atoms with Crippen LogP contribution in [0.1, 0.15) is 11.1 Å². The number of nitrogens with zero attached hydrogens (tertiary/aromatic N) is 3. The molecule has 0 aliphatic heterocycles. The molecule has 9 aromatic carbocycles. The molecule has 0 saturated heterocycles. The predicted molar refractivity (Wildman–Crippen MR) is 236 cm³/mol. The van der Waals surface area contributed by atoms with Gasteiger partial charge in [0.1, 0.15) is 0 Å². The summed E-state index contributed by atoms with van der Waals surface area (Å²) in [5.41, 5.74) is 15.6. The maximum atomic E-state index is 4.96. The van der Waals surface area contributed by atoms with Crippen molar-refractivity contribution in [3.63, 3.8) is 0 Å². The van der Waals surface area contributed by atoms with Gasteiger partial charge in [0.2, 0.25) is 0 Å². The molecule has 1 aromatic heterocycles. The second kappa shape index (κ2) is 13.7. The van der Waals surface area contributed by atoms with Crippen LogP contribution in [0.25, 0.3) is 100 Å². The van der Waals surface area contributed by atoms with Crippen molar-refractivity contribution in [2.75, 3.05) is 0 Å². The number of benzene rings is 9. The number of hydrogen-bond acceptors (Lipinski definition) is 3. The van der Waals surface area contributed by atoms with E-state index in [1.165, 1.54) is 77.2 Å². The Labute approximate surface area is 331 Å². The Bertz CT molecular complexity index is 3060. The lowest BCUT2D eigenvalue weighted by atomic mass is 9.88. The first-order valence-electron chi connectivity index (χ1n) is 19.5. The summed E-state index contributed by atoms with van der Waals surface area (Å²) in [4.78, 5) is 14.8. The van der Waals surface area contributed by atoms with Gasteiger partial charge in [-0.1, -0.05) is 194 Å². The van der Waals surface area contributed by atoms with Crippen molar-refractivity contribution >= 4 is 21.5 Å². The highest BCUT2D eigenvalue weighted by molar-refractivity contribution is 6.08. The van der Waals surface area contributed by atoms with Crippen LogP contribution in [0.5, 0.6) is 0 Å². The third kappa shape index (κ3) is 5.89. The molecule has 0 bridgehead atoms. The van der Waals surface area contributed by atoms with Crippen molar-refractivity contribution < 1.29 is 0 Å². The smallest absolute Gasteiger partial charge is 0.164 e. The van der Waals surface area contributed by atoms with Gasteiger partial charge in [0.15, 0.2) is 17.5 Å². The van der Waals surface area contributed by atoms with Crippen LogP contribution in [0.15, 0.2) is 200 Å². The van der Waals surface area contributed by atoms with Crippen LogP contribution in [0.2, 0.25) is 0 Å². The standard InChI is InChI=1S/C54H35N3/c1-3-12-39(13-4-1)52-55-53(40-14-5-2-6-15-40)57-54(56-52)41-26-23-37(24-27-41)46-31-32-49(51-48-18-10-8-16-43(48)34-50(46)51)38-21-19-35(20-22-38)42-29-30-47-44(33-42)28-25-36-11-7-9-17-45(36)47/h1-33H,34H2. The number of aromatic nitrogens is 3. The largest absolute Gasteiger partial charge is 0.208 e. The minimum atomic E-state index is 0.655. The van der Waals surface area contributed by atoms with Crippen molar-refractivity contribution in [2.24, 2.45) is 0 Å². The van der Waals surface area contributed by atoms with E-state index in [4.69, 9.17) is 15.0 Å². The fourth-order valence-electron chi connectivity index (χ4n) is 8.53. The Morgan fingerprint density at radius 3 is 1.49 bits per heavy atom. The molecule has 0 fully saturated rings. The Morgan fingerprint density at radius 2 is 0.789 bits per heavy atom. The molecule has 0 atom stereocenters. The van der Waals surface area contributed by atoms with Crippen LogP contribution < -0.4 is 0 Å². The third-order valence-corrected chi connectivity index (χ3v) is 11.4. The van der Waals surface area contributed by atoms with E-state index in [2.05, 4.69) is 140 Å². The van der Waals surface area contributed by atoms with Crippen molar-refractivity contribution in [1.29, 1.82) is 0 Å². The van der Waals surface area contributed by atoms with E-state index in [0.717, 1.165) is 23.1 Å². The Morgan fingerprint density at radius 1 is 0.298 bits per heavy atom. The van der Waals surface area contributed by atoms with E-state index < -0.39 is 0 Å². The average molecular weight is 726 g/mol. The Kier molecular flexibility index (Phi) is 7.89. The molecular formula is C54H35N3. The van der Waals surface area contributed by atoms with Crippen LogP contribution >= 0.6 is 0 Å². The summed E-state index contributed by atoms with van der Waals surface area (Å²) in [6, 6.07) is 71.4. The van der Waals surface area contributed by atoms with Gasteiger partial charge >= 0.3 is 0 Å². The second-order valence-corrected chi connectivity index (χ2v) is 14.8. The zero-order valence-corrected chi connectivity index (χ0v) is 31.1. The van der Waals surface area contributed by atoms with Gasteiger partial charge in [0.05, 0.1) is 0 Å². The zero-order valence-electron chi connectivity index (χ0n) is 31.1. The fourth-order valence-corrected chi connectivity index (χ4v) is 8.53. The molecule has 3 heteroatoms. The van der Waals surface area contributed by atoms with Gasteiger partial charge in [0.25, 0.3) is 0 Å². The first kappa shape index (κ1) is 32.9. The molecule has 0 N–H and O–H groups in total. The SMILES string of the molecule is c1ccc(-c2nc(-c3ccccc3)nc(-c3ccc(-c4ccc(-c5ccc(-c6ccc7c(ccc8ccccc87)c6)cc5)c5c4Cc4ccccc4-5)cc3)n2)cc1. The molecule has 1 aliphatic rings. The van der Waals surface area contributed by atoms with E-state index in [0.29, 0.717) is 17.5 Å². The third-order valence-electron chi connectivity index (χ3n) is 11.4. The lowest BCUT2D eigenvalue weighted by molar-refractivity contribution is 1.07. The van der Waals surface area contributed by atoms with Crippen LogP contribution in [0.4, 0.5) is 0 Å². The minimum absolute atomic E-state index is 0.655. The molecule has 1 aliphatic carbocycles. The Balaban J connectivity index is 0.952. The zero-order chi connectivity index (χ0) is 37.7. The average Bonchev–Trinajstić information content (AvgIpc) is 3.69. The summed E-state index contributed by atoms with van der Waals surface area (Å²) in [6.45, 7) is 0. The van der Waals surface area contributed by atoms with E-state index in [1.807, 2.05) is 60.7 Å². The summed E-state index contributed by atoms with van der Waals surface area (Å²) >= 11 is 0. The maximum Gasteiger partial charge on any atom is 0.164 e. The quantitative estimate of drug-likeness (QED) is 0.160. The molecule has 0 spiro atoms. The molecule has 1 heterocycles. The molecule has 10 aromatic rings. The van der Waals surface area contributed by atoms with E-state index >= 15 is 0 Å². The molecule has 0 radical (unpaired) electrons. The first-order valence-corrected chi connectivity index (χ1v) is 19.5. The van der Waals surface area contributed by atoms with Gasteiger partial charge in [-0.25, -0.2) is 15.0 Å². The van der Waals surface area contributed by atoms with Crippen LogP contribution in [-0.2, 0) is 6.42 Å². The van der Waals surface area contributed by atoms with Crippen molar-refractivity contribution in [3.8, 4) is 78.7 Å². The summed E-state index contributed by atoms with van der Waals surface area (Å²) in [5, 5.41) is 5.12. The van der Waals surface area contributed by atoms with E-state index in [-0.39, 0.29) is 0 Å². The van der Waals surface area contributed by atoms with Gasteiger partial charge in [0, 0.05) is 16.7 Å². The van der Waals surface area contributed by atoms with Gasteiger partial charge in [-0.3, -0.25) is 0 Å². The minimum Gasteiger partial charge on any atom is -0.208 e. The highest BCUT2D eigenvalue weighted by Gasteiger charge is 2.25. The van der Waals surface area contributed by atoms with Gasteiger partial charge in [-0.15, -0.1) is 0 Å². The first-order chi connectivity index (χ1) is 28.2. The molecule has 0 amide bonds. The van der Waals surface area contributed by atoms with Crippen molar-refractivity contribution in [1.82, 2.24) is 15.0 Å². The molecule has 11 rings (SSSR count). The van der Waals surface area contributed by atoms with E-state index in [9.17, 15) is 0 Å². The van der Waals surface area contributed by atoms with Crippen LogP contribution in [0, 0.1) is 0 Å². The molecule has 57 heavy (non-hydrogen) atoms. The number of rotatable bonds is 6. The summed E-state index contributed by atoms with van der Waals surface area (Å²) in [7, 11) is 0. The van der Waals surface area contributed by atoms with E-state index in [1.54, 1.807) is 0 Å². The normalized spacial score (nSPS) is 11.8. The summed E-state index contributed by atoms with van der Waals surface area (Å²) in [5.74, 6) is 1.98. The molecular weight excluding hydrogens is 691 g/mol. The van der Waals surface area contributed by atoms with Crippen LogP contribution in [0.3, 0.4) is 0 Å². The molecule has 3 nitrogen and oxygen atoms in total. The van der Waals surface area contributed by atoms with Crippen molar-refractivity contribution in [3.05, 3.63) is 211 Å². The number of fused-ring (bicyclic) bond motifs is 6. The summed E-state index contributed by atoms with van der Waals surface area (Å²) in [6.07, 6.45) is 0.897. The highest BCUT2D eigenvalue weighted by Crippen LogP contribution is 2.47. The predicted octanol–water partition coefficient (Wildman–Crippen LogP) is 13.8. The topological polar surface area (TPSA) is 38.7 Å². The van der Waals surface area contributed by atoms with Gasteiger partial charge in [-0.2, -0.15) is 0 Å². The highest BCUT2D eigenvalue weighted by atomic mass is 15.0. The second-order valence-electron chi connectivity index (χ2n) is 14.8. The summed E-state index contributed by atoms with van der Waals surface area (Å²) < 4.78 is 0. The van der Waals surface area contributed by atoms with Crippen molar-refractivity contribution in [2.45, 2.75) is 6.42 Å².